The van der Waals surface area contributed by atoms with Gasteiger partial charge in [-0.2, -0.15) is 0 Å². The predicted octanol–water partition coefficient (Wildman–Crippen LogP) is 1.64. The summed E-state index contributed by atoms with van der Waals surface area (Å²) in [4.78, 5) is 15.0. The molecule has 1 aromatic heterocycles. The van der Waals surface area contributed by atoms with Gasteiger partial charge in [0, 0.05) is 6.42 Å². The maximum Gasteiger partial charge on any atom is 0.320 e. The van der Waals surface area contributed by atoms with Gasteiger partial charge in [-0.05, 0) is 18.6 Å². The molecular formula is C11H12N2O2S. The molecule has 1 atom stereocenters. The second kappa shape index (κ2) is 4.59. The quantitative estimate of drug-likeness (QED) is 0.846. The van der Waals surface area contributed by atoms with Gasteiger partial charge in [-0.25, -0.2) is 4.98 Å². The molecule has 0 saturated heterocycles. The van der Waals surface area contributed by atoms with E-state index in [1.807, 2.05) is 24.3 Å². The molecule has 2 aromatic rings. The summed E-state index contributed by atoms with van der Waals surface area (Å²) < 4.78 is 1.13. The maximum atomic E-state index is 10.6. The number of fused-ring (bicyclic) bond motifs is 1. The largest absolute Gasteiger partial charge is 0.480 e. The molecule has 4 nitrogen and oxygen atoms in total. The monoisotopic (exact) mass is 236 g/mol. The fourth-order valence-electron chi connectivity index (χ4n) is 1.43. The molecule has 0 radical (unpaired) electrons. The summed E-state index contributed by atoms with van der Waals surface area (Å²) in [6.07, 6.45) is 1.04. The van der Waals surface area contributed by atoms with Crippen molar-refractivity contribution in [3.8, 4) is 0 Å². The highest BCUT2D eigenvalue weighted by Crippen LogP contribution is 2.22. The van der Waals surface area contributed by atoms with Gasteiger partial charge < -0.3 is 10.8 Å². The second-order valence-corrected chi connectivity index (χ2v) is 4.67. The Kier molecular flexibility index (Phi) is 3.17. The lowest BCUT2D eigenvalue weighted by Gasteiger charge is -2.02. The number of carboxylic acids is 1. The lowest BCUT2D eigenvalue weighted by molar-refractivity contribution is -0.138. The van der Waals surface area contributed by atoms with E-state index in [1.54, 1.807) is 11.3 Å². The first-order chi connectivity index (χ1) is 7.66. The van der Waals surface area contributed by atoms with Crippen LogP contribution in [0.2, 0.25) is 0 Å². The number of thiazole rings is 1. The number of para-hydroxylation sites is 1. The molecule has 0 aliphatic rings. The van der Waals surface area contributed by atoms with Crippen LogP contribution in [0.25, 0.3) is 10.2 Å². The van der Waals surface area contributed by atoms with Crippen molar-refractivity contribution >= 4 is 27.5 Å². The molecule has 0 unspecified atom stereocenters. The molecule has 1 heterocycles. The van der Waals surface area contributed by atoms with Crippen molar-refractivity contribution in [1.29, 1.82) is 0 Å². The van der Waals surface area contributed by atoms with Crippen molar-refractivity contribution in [3.63, 3.8) is 0 Å². The number of hydrogen-bond donors (Lipinski definition) is 2. The zero-order valence-corrected chi connectivity index (χ0v) is 9.41. The fraction of sp³-hybridized carbons (Fsp3) is 0.273. The maximum absolute atomic E-state index is 10.6. The zero-order chi connectivity index (χ0) is 11.5. The lowest BCUT2D eigenvalue weighted by atomic mass is 10.2. The highest BCUT2D eigenvalue weighted by Gasteiger charge is 2.12. The highest BCUT2D eigenvalue weighted by atomic mass is 32.1. The van der Waals surface area contributed by atoms with Crippen molar-refractivity contribution in [1.82, 2.24) is 4.98 Å². The summed E-state index contributed by atoms with van der Waals surface area (Å²) in [7, 11) is 0. The Bertz CT molecular complexity index is 476. The fourth-order valence-corrected chi connectivity index (χ4v) is 2.41. The van der Waals surface area contributed by atoms with Crippen molar-refractivity contribution < 1.29 is 9.90 Å². The van der Waals surface area contributed by atoms with Crippen LogP contribution in [-0.2, 0) is 11.2 Å². The van der Waals surface area contributed by atoms with Crippen LogP contribution < -0.4 is 5.73 Å². The number of hydrogen-bond acceptors (Lipinski definition) is 4. The van der Waals surface area contributed by atoms with Gasteiger partial charge in [0.25, 0.3) is 0 Å². The summed E-state index contributed by atoms with van der Waals surface area (Å²) in [6.45, 7) is 0. The molecule has 0 aliphatic carbocycles. The van der Waals surface area contributed by atoms with Crippen LogP contribution in [0.3, 0.4) is 0 Å². The molecule has 84 valence electrons. The number of carboxylic acid groups (broad SMARTS) is 1. The van der Waals surface area contributed by atoms with E-state index in [4.69, 9.17) is 10.8 Å². The third-order valence-corrected chi connectivity index (χ3v) is 3.42. The van der Waals surface area contributed by atoms with E-state index >= 15 is 0 Å². The Morgan fingerprint density at radius 3 is 2.94 bits per heavy atom. The number of aryl methyl sites for hydroxylation is 1. The normalized spacial score (nSPS) is 12.8. The van der Waals surface area contributed by atoms with Crippen molar-refractivity contribution in [2.75, 3.05) is 0 Å². The van der Waals surface area contributed by atoms with Gasteiger partial charge >= 0.3 is 5.97 Å². The molecule has 0 spiro atoms. The molecule has 0 bridgehead atoms. The van der Waals surface area contributed by atoms with Gasteiger partial charge in [-0.15, -0.1) is 11.3 Å². The third kappa shape index (κ3) is 2.37. The first kappa shape index (κ1) is 11.0. The minimum atomic E-state index is -0.957. The van der Waals surface area contributed by atoms with E-state index < -0.39 is 12.0 Å². The molecule has 0 saturated carbocycles. The molecule has 1 aromatic carbocycles. The number of aliphatic carboxylic acids is 1. The van der Waals surface area contributed by atoms with E-state index in [1.165, 1.54) is 0 Å². The Morgan fingerprint density at radius 1 is 1.50 bits per heavy atom. The SMILES string of the molecule is N[C@@H](CCc1nc2ccccc2s1)C(=O)O. The number of nitrogens with zero attached hydrogens (tertiary/aromatic N) is 1. The van der Waals surface area contributed by atoms with Crippen molar-refractivity contribution in [2.45, 2.75) is 18.9 Å². The van der Waals surface area contributed by atoms with Gasteiger partial charge in [-0.1, -0.05) is 12.1 Å². The molecule has 3 N–H and O–H groups in total. The smallest absolute Gasteiger partial charge is 0.320 e. The first-order valence-corrected chi connectivity index (χ1v) is 5.81. The van der Waals surface area contributed by atoms with Gasteiger partial charge in [0.2, 0.25) is 0 Å². The Balaban J connectivity index is 2.07. The number of benzene rings is 1. The first-order valence-electron chi connectivity index (χ1n) is 4.99. The molecule has 0 amide bonds. The van der Waals surface area contributed by atoms with Gasteiger partial charge in [0.1, 0.15) is 6.04 Å². The van der Waals surface area contributed by atoms with Crippen LogP contribution in [-0.4, -0.2) is 22.1 Å². The number of nitrogens with two attached hydrogens (primary N) is 1. The Morgan fingerprint density at radius 2 is 2.25 bits per heavy atom. The van der Waals surface area contributed by atoms with Crippen LogP contribution in [0.1, 0.15) is 11.4 Å². The van der Waals surface area contributed by atoms with Crippen molar-refractivity contribution in [3.05, 3.63) is 29.3 Å². The standard InChI is InChI=1S/C11H12N2O2S/c12-7(11(14)15)5-6-10-13-8-3-1-2-4-9(8)16-10/h1-4,7H,5-6,12H2,(H,14,15)/t7-/m0/s1. The van der Waals surface area contributed by atoms with Gasteiger partial charge in [0.15, 0.2) is 0 Å². The van der Waals surface area contributed by atoms with Crippen LogP contribution in [0.15, 0.2) is 24.3 Å². The van der Waals surface area contributed by atoms with Crippen LogP contribution in [0, 0.1) is 0 Å². The average Bonchev–Trinajstić information content (AvgIpc) is 2.68. The minimum absolute atomic E-state index is 0.426. The van der Waals surface area contributed by atoms with E-state index in [9.17, 15) is 4.79 Å². The second-order valence-electron chi connectivity index (χ2n) is 3.56. The summed E-state index contributed by atoms with van der Waals surface area (Å²) >= 11 is 1.59. The Hall–Kier alpha value is -1.46. The van der Waals surface area contributed by atoms with E-state index in [0.717, 1.165) is 15.2 Å². The highest BCUT2D eigenvalue weighted by molar-refractivity contribution is 7.18. The lowest BCUT2D eigenvalue weighted by Crippen LogP contribution is -2.30. The average molecular weight is 236 g/mol. The molecule has 0 fully saturated rings. The van der Waals surface area contributed by atoms with Crippen molar-refractivity contribution in [2.24, 2.45) is 5.73 Å². The minimum Gasteiger partial charge on any atom is -0.480 e. The molecule has 16 heavy (non-hydrogen) atoms. The van der Waals surface area contributed by atoms with Crippen LogP contribution in [0.4, 0.5) is 0 Å². The number of rotatable bonds is 4. The van der Waals surface area contributed by atoms with Gasteiger partial charge in [-0.3, -0.25) is 4.79 Å². The number of carbonyl (C=O) groups is 1. The molecule has 0 aliphatic heterocycles. The molecular weight excluding hydrogens is 224 g/mol. The molecule has 2 rings (SSSR count). The summed E-state index contributed by atoms with van der Waals surface area (Å²) in [5.74, 6) is -0.957. The zero-order valence-electron chi connectivity index (χ0n) is 8.59. The number of aromatic nitrogens is 1. The summed E-state index contributed by atoms with van der Waals surface area (Å²) in [6, 6.07) is 7.06. The summed E-state index contributed by atoms with van der Waals surface area (Å²) in [5, 5.41) is 9.60. The van der Waals surface area contributed by atoms with Gasteiger partial charge in [0.05, 0.1) is 15.2 Å². The topological polar surface area (TPSA) is 76.2 Å². The summed E-state index contributed by atoms with van der Waals surface area (Å²) in [5.41, 5.74) is 6.40. The predicted molar refractivity (Wildman–Crippen MR) is 63.6 cm³/mol. The van der Waals surface area contributed by atoms with Crippen LogP contribution in [0.5, 0.6) is 0 Å². The van der Waals surface area contributed by atoms with E-state index in [-0.39, 0.29) is 0 Å². The molecule has 5 heteroatoms. The third-order valence-electron chi connectivity index (χ3n) is 2.32. The van der Waals surface area contributed by atoms with Crippen LogP contribution >= 0.6 is 11.3 Å². The van der Waals surface area contributed by atoms with E-state index in [2.05, 4.69) is 4.98 Å². The van der Waals surface area contributed by atoms with E-state index in [0.29, 0.717) is 12.8 Å². The Labute approximate surface area is 96.7 Å².